The number of imide groups is 1. The Morgan fingerprint density at radius 1 is 0.917 bits per heavy atom. The van der Waals surface area contributed by atoms with Crippen LogP contribution >= 0.6 is 15.9 Å². The topological polar surface area (TPSA) is 93.2 Å². The summed E-state index contributed by atoms with van der Waals surface area (Å²) < 4.78 is 11.4. The Balaban J connectivity index is 1.29. The number of carbonyl (C=O) groups is 4. The number of hydrogen-bond donors (Lipinski definition) is 0. The van der Waals surface area contributed by atoms with E-state index in [4.69, 9.17) is 9.47 Å². The van der Waals surface area contributed by atoms with E-state index in [0.29, 0.717) is 38.3 Å². The van der Waals surface area contributed by atoms with E-state index in [1.165, 1.54) is 6.07 Å². The van der Waals surface area contributed by atoms with E-state index in [1.54, 1.807) is 73.5 Å². The molecule has 0 N–H and O–H groups in total. The zero-order valence-corrected chi connectivity index (χ0v) is 21.1. The van der Waals surface area contributed by atoms with Crippen LogP contribution in [0.2, 0.25) is 0 Å². The first kappa shape index (κ1) is 23.7. The van der Waals surface area contributed by atoms with Crippen LogP contribution in [0.5, 0.6) is 11.5 Å². The number of aryl methyl sites for hydroxylation is 1. The van der Waals surface area contributed by atoms with Crippen molar-refractivity contribution in [2.75, 3.05) is 23.5 Å². The highest BCUT2D eigenvalue weighted by Gasteiger charge is 2.38. The molecule has 3 amide bonds. The Kier molecular flexibility index (Phi) is 6.09. The third-order valence-electron chi connectivity index (χ3n) is 6.32. The highest BCUT2D eigenvalue weighted by molar-refractivity contribution is 9.10. The Morgan fingerprint density at radius 2 is 1.61 bits per heavy atom. The molecule has 1 fully saturated rings. The summed E-state index contributed by atoms with van der Waals surface area (Å²) >= 11 is 3.33. The number of ether oxygens (including phenoxy) is 2. The Hall–Kier alpha value is -3.98. The summed E-state index contributed by atoms with van der Waals surface area (Å²) in [6.45, 7) is 1.95. The van der Waals surface area contributed by atoms with E-state index in [0.717, 1.165) is 4.90 Å². The summed E-state index contributed by atoms with van der Waals surface area (Å²) in [6.07, 6.45) is 0.0481. The second-order valence-corrected chi connectivity index (χ2v) is 9.52. The van der Waals surface area contributed by atoms with Crippen LogP contribution in [-0.2, 0) is 9.59 Å². The van der Waals surface area contributed by atoms with Crippen LogP contribution in [0.15, 0.2) is 65.1 Å². The largest absolute Gasteiger partial charge is 0.497 e. The van der Waals surface area contributed by atoms with Crippen LogP contribution in [0, 0.1) is 12.8 Å². The van der Waals surface area contributed by atoms with Gasteiger partial charge in [-0.05, 0) is 73.2 Å². The summed E-state index contributed by atoms with van der Waals surface area (Å²) in [4.78, 5) is 53.8. The number of anilines is 2. The van der Waals surface area contributed by atoms with Crippen molar-refractivity contribution in [1.29, 1.82) is 0 Å². The van der Waals surface area contributed by atoms with Crippen molar-refractivity contribution in [3.05, 3.63) is 81.8 Å². The lowest BCUT2D eigenvalue weighted by Crippen LogP contribution is -2.30. The van der Waals surface area contributed by atoms with Crippen LogP contribution in [0.3, 0.4) is 0 Å². The fraction of sp³-hybridized carbons (Fsp3) is 0.185. The monoisotopic (exact) mass is 548 g/mol. The predicted molar refractivity (Wildman–Crippen MR) is 136 cm³/mol. The number of esters is 1. The summed E-state index contributed by atoms with van der Waals surface area (Å²) in [6, 6.07) is 16.7. The highest BCUT2D eigenvalue weighted by atomic mass is 79.9. The third kappa shape index (κ3) is 4.15. The molecule has 0 saturated carbocycles. The molecule has 1 saturated heterocycles. The molecule has 0 bridgehead atoms. The van der Waals surface area contributed by atoms with E-state index < -0.39 is 23.7 Å². The molecule has 1 atom stereocenters. The van der Waals surface area contributed by atoms with Crippen LogP contribution in [0.25, 0.3) is 0 Å². The maximum atomic E-state index is 12.9. The number of fused-ring (bicyclic) bond motifs is 1. The van der Waals surface area contributed by atoms with Gasteiger partial charge in [0.15, 0.2) is 0 Å². The normalized spacial score (nSPS) is 17.0. The van der Waals surface area contributed by atoms with Crippen molar-refractivity contribution in [3.8, 4) is 11.5 Å². The quantitative estimate of drug-likeness (QED) is 0.264. The fourth-order valence-corrected chi connectivity index (χ4v) is 4.81. The maximum absolute atomic E-state index is 12.9. The zero-order valence-electron chi connectivity index (χ0n) is 19.5. The van der Waals surface area contributed by atoms with Gasteiger partial charge < -0.3 is 14.4 Å². The van der Waals surface area contributed by atoms with Crippen LogP contribution in [-0.4, -0.2) is 37.3 Å². The minimum absolute atomic E-state index is 0.0481. The van der Waals surface area contributed by atoms with Crippen molar-refractivity contribution < 1.29 is 28.7 Å². The van der Waals surface area contributed by atoms with Gasteiger partial charge in [-0.1, -0.05) is 15.9 Å². The molecule has 2 heterocycles. The van der Waals surface area contributed by atoms with Gasteiger partial charge in [-0.2, -0.15) is 0 Å². The number of rotatable bonds is 5. The number of nitrogens with zero attached hydrogens (tertiary/aromatic N) is 2. The maximum Gasteiger partial charge on any atom is 0.316 e. The van der Waals surface area contributed by atoms with E-state index >= 15 is 0 Å². The summed E-state index contributed by atoms with van der Waals surface area (Å²) in [7, 11) is 1.56. The molecule has 9 heteroatoms. The molecular weight excluding hydrogens is 528 g/mol. The van der Waals surface area contributed by atoms with Crippen LogP contribution < -0.4 is 19.3 Å². The second kappa shape index (κ2) is 9.23. The molecular formula is C27H21BrN2O6. The Bertz CT molecular complexity index is 1420. The lowest BCUT2D eigenvalue weighted by atomic mass is 10.1. The van der Waals surface area contributed by atoms with Gasteiger partial charge in [0.05, 0.1) is 29.8 Å². The van der Waals surface area contributed by atoms with Gasteiger partial charge in [0, 0.05) is 23.1 Å². The first-order valence-corrected chi connectivity index (χ1v) is 12.0. The van der Waals surface area contributed by atoms with Crippen LogP contribution in [0.1, 0.15) is 32.7 Å². The molecule has 182 valence electrons. The summed E-state index contributed by atoms with van der Waals surface area (Å²) in [5.74, 6) is -1.16. The number of carbonyl (C=O) groups excluding carboxylic acids is 4. The van der Waals surface area contributed by atoms with Gasteiger partial charge in [0.1, 0.15) is 11.5 Å². The predicted octanol–water partition coefficient (Wildman–Crippen LogP) is 4.53. The van der Waals surface area contributed by atoms with Gasteiger partial charge in [0.25, 0.3) is 11.8 Å². The molecule has 0 aliphatic carbocycles. The minimum atomic E-state index is -0.616. The van der Waals surface area contributed by atoms with E-state index in [-0.39, 0.29) is 24.6 Å². The molecule has 0 unspecified atom stereocenters. The number of halogens is 1. The van der Waals surface area contributed by atoms with Crippen molar-refractivity contribution in [1.82, 2.24) is 0 Å². The highest BCUT2D eigenvalue weighted by Crippen LogP contribution is 2.34. The average Bonchev–Trinajstić information content (AvgIpc) is 3.37. The zero-order chi connectivity index (χ0) is 25.6. The molecule has 8 nitrogen and oxygen atoms in total. The first-order chi connectivity index (χ1) is 17.3. The SMILES string of the molecule is COc1ccc(N2C[C@H](C(=O)Oc3ccc(N4C(=O)c5ccc(Br)cc5C4=O)c(C)c3)CC2=O)cc1. The van der Waals surface area contributed by atoms with Gasteiger partial charge >= 0.3 is 5.97 Å². The van der Waals surface area contributed by atoms with Gasteiger partial charge in [-0.15, -0.1) is 0 Å². The third-order valence-corrected chi connectivity index (χ3v) is 6.81. The van der Waals surface area contributed by atoms with E-state index in [9.17, 15) is 19.2 Å². The fourth-order valence-electron chi connectivity index (χ4n) is 4.45. The van der Waals surface area contributed by atoms with Crippen molar-refractivity contribution in [3.63, 3.8) is 0 Å². The molecule has 0 spiro atoms. The van der Waals surface area contributed by atoms with Crippen molar-refractivity contribution in [2.45, 2.75) is 13.3 Å². The molecule has 3 aromatic carbocycles. The molecule has 0 radical (unpaired) electrons. The Morgan fingerprint density at radius 3 is 2.31 bits per heavy atom. The molecule has 36 heavy (non-hydrogen) atoms. The summed E-state index contributed by atoms with van der Waals surface area (Å²) in [5.41, 5.74) is 2.36. The molecule has 2 aliphatic heterocycles. The smallest absolute Gasteiger partial charge is 0.316 e. The van der Waals surface area contributed by atoms with Gasteiger partial charge in [0.2, 0.25) is 5.91 Å². The van der Waals surface area contributed by atoms with E-state index in [1.807, 2.05) is 0 Å². The number of benzene rings is 3. The minimum Gasteiger partial charge on any atom is -0.497 e. The lowest BCUT2D eigenvalue weighted by Gasteiger charge is -2.18. The molecule has 5 rings (SSSR count). The van der Waals surface area contributed by atoms with Crippen molar-refractivity contribution >= 4 is 51.0 Å². The van der Waals surface area contributed by atoms with Crippen LogP contribution in [0.4, 0.5) is 11.4 Å². The number of methoxy groups -OCH3 is 1. The Labute approximate surface area is 215 Å². The van der Waals surface area contributed by atoms with Gasteiger partial charge in [-0.25, -0.2) is 4.90 Å². The second-order valence-electron chi connectivity index (χ2n) is 8.61. The van der Waals surface area contributed by atoms with Gasteiger partial charge in [-0.3, -0.25) is 19.2 Å². The lowest BCUT2D eigenvalue weighted by molar-refractivity contribution is -0.139. The standard InChI is InChI=1S/C27H21BrN2O6/c1-15-11-20(8-10-23(15)30-25(32)21-9-3-17(28)13-22(21)26(30)33)36-27(34)16-12-24(31)29(14-16)18-4-6-19(35-2)7-5-18/h3-11,13,16H,12,14H2,1-2H3/t16-/m1/s1. The average molecular weight is 549 g/mol. The summed E-state index contributed by atoms with van der Waals surface area (Å²) in [5, 5.41) is 0. The molecule has 3 aromatic rings. The van der Waals surface area contributed by atoms with E-state index in [2.05, 4.69) is 15.9 Å². The molecule has 2 aliphatic rings. The number of hydrogen-bond acceptors (Lipinski definition) is 6. The number of amides is 3. The first-order valence-electron chi connectivity index (χ1n) is 11.2. The molecule has 0 aromatic heterocycles. The van der Waals surface area contributed by atoms with Crippen molar-refractivity contribution in [2.24, 2.45) is 5.92 Å².